The summed E-state index contributed by atoms with van der Waals surface area (Å²) in [6, 6.07) is 18.0. The van der Waals surface area contributed by atoms with E-state index in [1.165, 1.54) is 0 Å². The maximum Gasteiger partial charge on any atom is 0.0973 e. The van der Waals surface area contributed by atoms with Crippen molar-refractivity contribution in [1.29, 1.82) is 0 Å². The zero-order chi connectivity index (χ0) is 15.6. The summed E-state index contributed by atoms with van der Waals surface area (Å²) in [7, 11) is 0. The molecule has 23 heavy (non-hydrogen) atoms. The third-order valence-electron chi connectivity index (χ3n) is 4.32. The van der Waals surface area contributed by atoms with Crippen LogP contribution in [0.25, 0.3) is 44.0 Å². The average Bonchev–Trinajstić information content (AvgIpc) is 3.10. The number of aromatic amines is 1. The topological polar surface area (TPSA) is 28.7 Å². The number of halogens is 2. The van der Waals surface area contributed by atoms with Gasteiger partial charge in [0.05, 0.1) is 26.8 Å². The monoisotopic (exact) mass is 336 g/mol. The molecule has 2 nitrogen and oxygen atoms in total. The smallest absolute Gasteiger partial charge is 0.0973 e. The molecule has 110 valence electrons. The Balaban J connectivity index is 2.12. The third kappa shape index (κ3) is 1.73. The van der Waals surface area contributed by atoms with Crippen LogP contribution in [0.2, 0.25) is 10.0 Å². The van der Waals surface area contributed by atoms with Crippen molar-refractivity contribution in [3.8, 4) is 11.3 Å². The fraction of sp³-hybridized carbons (Fsp3) is 0. The molecule has 0 spiro atoms. The second-order valence-electron chi connectivity index (χ2n) is 5.61. The average molecular weight is 337 g/mol. The molecule has 1 aliphatic heterocycles. The van der Waals surface area contributed by atoms with E-state index in [1.54, 1.807) is 0 Å². The van der Waals surface area contributed by atoms with Gasteiger partial charge in [0, 0.05) is 27.2 Å². The van der Waals surface area contributed by atoms with Crippen molar-refractivity contribution >= 4 is 55.9 Å². The second kappa shape index (κ2) is 4.60. The lowest BCUT2D eigenvalue weighted by Gasteiger charge is -1.96. The van der Waals surface area contributed by atoms with E-state index in [2.05, 4.69) is 11.1 Å². The van der Waals surface area contributed by atoms with E-state index in [1.807, 2.05) is 48.5 Å². The Kier molecular flexibility index (Phi) is 2.64. The molecule has 2 aliphatic rings. The van der Waals surface area contributed by atoms with E-state index in [9.17, 15) is 0 Å². The molecule has 0 bridgehead atoms. The molecule has 2 aromatic carbocycles. The van der Waals surface area contributed by atoms with E-state index < -0.39 is 0 Å². The van der Waals surface area contributed by atoms with Crippen LogP contribution in [0.5, 0.6) is 0 Å². The number of para-hydroxylation sites is 2. The lowest BCUT2D eigenvalue weighted by molar-refractivity contribution is 1.45. The van der Waals surface area contributed by atoms with Crippen molar-refractivity contribution in [1.82, 2.24) is 9.97 Å². The molecular weight excluding hydrogens is 327 g/mol. The van der Waals surface area contributed by atoms with Gasteiger partial charge in [-0.1, -0.05) is 59.6 Å². The summed E-state index contributed by atoms with van der Waals surface area (Å²) in [6.07, 6.45) is 0. The van der Waals surface area contributed by atoms with Crippen LogP contribution in [-0.2, 0) is 0 Å². The fourth-order valence-corrected chi connectivity index (χ4v) is 3.99. The van der Waals surface area contributed by atoms with E-state index in [0.29, 0.717) is 10.0 Å². The van der Waals surface area contributed by atoms with Crippen LogP contribution in [0, 0.1) is 0 Å². The van der Waals surface area contributed by atoms with E-state index in [4.69, 9.17) is 28.2 Å². The number of hydrogen-bond donors (Lipinski definition) is 1. The third-order valence-corrected chi connectivity index (χ3v) is 4.91. The van der Waals surface area contributed by atoms with Crippen LogP contribution in [-0.4, -0.2) is 9.97 Å². The number of H-pyrrole nitrogens is 1. The zero-order valence-electron chi connectivity index (χ0n) is 11.9. The summed E-state index contributed by atoms with van der Waals surface area (Å²) in [5.74, 6) is 0. The molecule has 3 aromatic rings. The maximum absolute atomic E-state index is 6.57. The summed E-state index contributed by atoms with van der Waals surface area (Å²) >= 11 is 13.1. The van der Waals surface area contributed by atoms with Gasteiger partial charge in [-0.3, -0.25) is 0 Å². The molecule has 1 N–H and O–H groups in total. The zero-order valence-corrected chi connectivity index (χ0v) is 13.4. The van der Waals surface area contributed by atoms with Gasteiger partial charge in [0.15, 0.2) is 0 Å². The predicted octanol–water partition coefficient (Wildman–Crippen LogP) is 6.28. The molecular formula is C19H10Cl2N2. The molecule has 0 amide bonds. The van der Waals surface area contributed by atoms with Crippen molar-refractivity contribution in [2.24, 2.45) is 0 Å². The molecule has 5 rings (SSSR count). The first kappa shape index (κ1) is 13.2. The number of hydrogen-bond acceptors (Lipinski definition) is 1. The molecule has 0 atom stereocenters. The van der Waals surface area contributed by atoms with Gasteiger partial charge in [0.25, 0.3) is 0 Å². The summed E-state index contributed by atoms with van der Waals surface area (Å²) in [5.41, 5.74) is 4.70. The highest BCUT2D eigenvalue weighted by molar-refractivity contribution is 6.42. The van der Waals surface area contributed by atoms with Crippen LogP contribution in [0.15, 0.2) is 54.6 Å². The van der Waals surface area contributed by atoms with Crippen molar-refractivity contribution < 1.29 is 0 Å². The highest BCUT2D eigenvalue weighted by Gasteiger charge is 2.21. The van der Waals surface area contributed by atoms with Crippen LogP contribution < -0.4 is 0 Å². The van der Waals surface area contributed by atoms with Gasteiger partial charge in [0.2, 0.25) is 0 Å². The minimum Gasteiger partial charge on any atom is -0.353 e. The Morgan fingerprint density at radius 2 is 1.57 bits per heavy atom. The van der Waals surface area contributed by atoms with Gasteiger partial charge in [-0.05, 0) is 18.2 Å². The Bertz CT molecular complexity index is 1190. The lowest BCUT2D eigenvalue weighted by Crippen LogP contribution is -1.76. The Labute approximate surface area is 142 Å². The molecule has 1 aromatic heterocycles. The number of aromatic nitrogens is 2. The van der Waals surface area contributed by atoms with Gasteiger partial charge < -0.3 is 4.98 Å². The number of nitrogens with zero attached hydrogens (tertiary/aromatic N) is 1. The van der Waals surface area contributed by atoms with Crippen LogP contribution in [0.3, 0.4) is 0 Å². The van der Waals surface area contributed by atoms with E-state index in [-0.39, 0.29) is 0 Å². The Morgan fingerprint density at radius 3 is 2.43 bits per heavy atom. The SMILES string of the molecule is Clc1cc(Cl)c2c([nH]c3ccccc32)c2nc3ccccc3c1-2. The largest absolute Gasteiger partial charge is 0.353 e. The second-order valence-corrected chi connectivity index (χ2v) is 6.43. The maximum atomic E-state index is 6.57. The fourth-order valence-electron chi connectivity index (χ4n) is 3.33. The quantitative estimate of drug-likeness (QED) is 0.354. The van der Waals surface area contributed by atoms with Crippen molar-refractivity contribution in [2.45, 2.75) is 0 Å². The molecule has 4 heteroatoms. The van der Waals surface area contributed by atoms with Gasteiger partial charge in [-0.15, -0.1) is 0 Å². The standard InChI is InChI=1S/C19H10Cl2N2/c20-12-9-13(21)17-11-6-2-4-8-15(11)23-19(17)18-16(12)10-5-1-3-7-14(10)22-18/h1-9,22H. The minimum absolute atomic E-state index is 0.618. The first-order valence-electron chi connectivity index (χ1n) is 7.31. The van der Waals surface area contributed by atoms with Gasteiger partial charge in [-0.25, -0.2) is 4.98 Å². The summed E-state index contributed by atoms with van der Waals surface area (Å²) in [5, 5.41) is 4.33. The normalized spacial score (nSPS) is 11.9. The molecule has 0 fully saturated rings. The van der Waals surface area contributed by atoms with E-state index in [0.717, 1.165) is 44.0 Å². The highest BCUT2D eigenvalue weighted by Crippen LogP contribution is 2.44. The summed E-state index contributed by atoms with van der Waals surface area (Å²) < 4.78 is 0. The number of fused-ring (bicyclic) bond motifs is 7. The first-order chi connectivity index (χ1) is 11.2. The molecule has 2 heterocycles. The highest BCUT2D eigenvalue weighted by atomic mass is 35.5. The summed E-state index contributed by atoms with van der Waals surface area (Å²) in [4.78, 5) is 8.27. The minimum atomic E-state index is 0.618. The summed E-state index contributed by atoms with van der Waals surface area (Å²) in [6.45, 7) is 0. The molecule has 0 unspecified atom stereocenters. The number of nitrogens with one attached hydrogen (secondary N) is 1. The van der Waals surface area contributed by atoms with Crippen molar-refractivity contribution in [3.05, 3.63) is 64.6 Å². The van der Waals surface area contributed by atoms with Crippen LogP contribution in [0.4, 0.5) is 0 Å². The van der Waals surface area contributed by atoms with Crippen LogP contribution >= 0.6 is 23.2 Å². The molecule has 0 saturated carbocycles. The Hall–Kier alpha value is -2.29. The Morgan fingerprint density at radius 1 is 0.826 bits per heavy atom. The van der Waals surface area contributed by atoms with Crippen molar-refractivity contribution in [3.63, 3.8) is 0 Å². The van der Waals surface area contributed by atoms with E-state index >= 15 is 0 Å². The molecule has 0 radical (unpaired) electrons. The molecule has 1 aliphatic carbocycles. The first-order valence-corrected chi connectivity index (χ1v) is 8.06. The number of rotatable bonds is 0. The number of benzene rings is 2. The molecule has 0 saturated heterocycles. The van der Waals surface area contributed by atoms with Crippen molar-refractivity contribution in [2.75, 3.05) is 0 Å². The van der Waals surface area contributed by atoms with Crippen LogP contribution in [0.1, 0.15) is 0 Å². The van der Waals surface area contributed by atoms with Gasteiger partial charge in [0.1, 0.15) is 0 Å². The lowest BCUT2D eigenvalue weighted by atomic mass is 10.1. The predicted molar refractivity (Wildman–Crippen MR) is 97.7 cm³/mol. The van der Waals surface area contributed by atoms with Gasteiger partial charge >= 0.3 is 0 Å². The van der Waals surface area contributed by atoms with Gasteiger partial charge in [-0.2, -0.15) is 0 Å².